The molecule has 1 fully saturated rings. The number of nitrogens with zero attached hydrogens (tertiary/aromatic N) is 2. The maximum absolute atomic E-state index is 13.7. The summed E-state index contributed by atoms with van der Waals surface area (Å²) in [4.78, 5) is 27.5. The molecule has 164 valence electrons. The predicted octanol–water partition coefficient (Wildman–Crippen LogP) is 4.38. The van der Waals surface area contributed by atoms with E-state index >= 15 is 0 Å². The van der Waals surface area contributed by atoms with Crippen molar-refractivity contribution in [3.05, 3.63) is 94.1 Å². The number of hydrogen-bond donors (Lipinski definition) is 0. The zero-order valence-electron chi connectivity index (χ0n) is 17.3. The third kappa shape index (κ3) is 4.22. The highest BCUT2D eigenvalue weighted by Crippen LogP contribution is 2.35. The lowest BCUT2D eigenvalue weighted by Gasteiger charge is -2.32. The summed E-state index contributed by atoms with van der Waals surface area (Å²) in [6, 6.07) is 22.3. The highest BCUT2D eigenvalue weighted by atomic mass is 127. The van der Waals surface area contributed by atoms with Crippen molar-refractivity contribution < 1.29 is 18.0 Å². The Labute approximate surface area is 201 Å². The summed E-state index contributed by atoms with van der Waals surface area (Å²) in [6.07, 6.45) is -0.214. The van der Waals surface area contributed by atoms with E-state index in [0.717, 1.165) is 14.0 Å². The van der Waals surface area contributed by atoms with E-state index in [2.05, 4.69) is 22.6 Å². The zero-order valence-corrected chi connectivity index (χ0v) is 20.2. The maximum Gasteiger partial charge on any atom is 0.252 e. The summed E-state index contributed by atoms with van der Waals surface area (Å²) in [6.45, 7) is 1.74. The van der Waals surface area contributed by atoms with E-state index in [9.17, 15) is 18.0 Å². The number of benzene rings is 3. The number of hydrogen-bond acceptors (Lipinski definition) is 4. The standard InChI is InChI=1S/C24H21IN2O4S/c1-17(18-8-4-2-5-9-18)27(32(30,31)21-10-6-3-7-11-21)22-16-23(28)26(24(22)29)20-14-12-19(25)13-15-20/h2-15,17,22H,16H2,1H3. The number of sulfonamides is 1. The van der Waals surface area contributed by atoms with Crippen LogP contribution in [0.3, 0.4) is 0 Å². The second kappa shape index (κ2) is 9.13. The molecule has 2 atom stereocenters. The Hall–Kier alpha value is -2.56. The Morgan fingerprint density at radius 1 is 0.906 bits per heavy atom. The molecule has 6 nitrogen and oxygen atoms in total. The van der Waals surface area contributed by atoms with Gasteiger partial charge in [0, 0.05) is 9.61 Å². The Balaban J connectivity index is 1.79. The molecule has 1 saturated heterocycles. The number of carbonyl (C=O) groups is 2. The lowest BCUT2D eigenvalue weighted by Crippen LogP contribution is -2.46. The topological polar surface area (TPSA) is 74.8 Å². The fraction of sp³-hybridized carbons (Fsp3) is 0.167. The van der Waals surface area contributed by atoms with Gasteiger partial charge in [0.25, 0.3) is 5.91 Å². The average molecular weight is 560 g/mol. The summed E-state index contributed by atoms with van der Waals surface area (Å²) in [7, 11) is -4.07. The molecule has 0 spiro atoms. The quantitative estimate of drug-likeness (QED) is 0.332. The van der Waals surface area contributed by atoms with Crippen LogP contribution < -0.4 is 4.90 Å². The van der Waals surface area contributed by atoms with Gasteiger partial charge >= 0.3 is 0 Å². The highest BCUT2D eigenvalue weighted by Gasteiger charge is 2.48. The molecular weight excluding hydrogens is 539 g/mol. The van der Waals surface area contributed by atoms with Crippen molar-refractivity contribution >= 4 is 50.1 Å². The van der Waals surface area contributed by atoms with Crippen molar-refractivity contribution in [1.82, 2.24) is 4.31 Å². The summed E-state index contributed by atoms with van der Waals surface area (Å²) < 4.78 is 29.6. The van der Waals surface area contributed by atoms with E-state index in [4.69, 9.17) is 0 Å². The molecule has 4 rings (SSSR count). The summed E-state index contributed by atoms with van der Waals surface area (Å²) in [5, 5.41) is 0. The molecule has 1 heterocycles. The van der Waals surface area contributed by atoms with Gasteiger partial charge in [0.2, 0.25) is 15.9 Å². The number of amides is 2. The van der Waals surface area contributed by atoms with Crippen LogP contribution in [0, 0.1) is 3.57 Å². The number of rotatable bonds is 6. The first-order valence-corrected chi connectivity index (χ1v) is 12.6. The van der Waals surface area contributed by atoms with Gasteiger partial charge in [0.05, 0.1) is 17.0 Å². The van der Waals surface area contributed by atoms with Gasteiger partial charge in [-0.3, -0.25) is 9.59 Å². The van der Waals surface area contributed by atoms with Crippen LogP contribution in [0.1, 0.15) is 24.9 Å². The van der Waals surface area contributed by atoms with Gasteiger partial charge in [-0.05, 0) is 71.5 Å². The Morgan fingerprint density at radius 2 is 1.47 bits per heavy atom. The van der Waals surface area contributed by atoms with Crippen LogP contribution in [0.5, 0.6) is 0 Å². The SMILES string of the molecule is CC(c1ccccc1)N(C1CC(=O)N(c2ccc(I)cc2)C1=O)S(=O)(=O)c1ccccc1. The molecule has 0 aliphatic carbocycles. The number of anilines is 1. The minimum Gasteiger partial charge on any atom is -0.274 e. The van der Waals surface area contributed by atoms with E-state index in [1.807, 2.05) is 30.3 Å². The van der Waals surface area contributed by atoms with Crippen LogP contribution in [0.25, 0.3) is 0 Å². The summed E-state index contributed by atoms with van der Waals surface area (Å²) >= 11 is 2.14. The largest absolute Gasteiger partial charge is 0.274 e. The van der Waals surface area contributed by atoms with Crippen molar-refractivity contribution in [2.45, 2.75) is 30.3 Å². The van der Waals surface area contributed by atoms with Gasteiger partial charge < -0.3 is 0 Å². The zero-order chi connectivity index (χ0) is 22.9. The molecule has 0 aromatic heterocycles. The van der Waals surface area contributed by atoms with Crippen molar-refractivity contribution in [1.29, 1.82) is 0 Å². The Bertz CT molecular complexity index is 1230. The molecule has 1 aliphatic heterocycles. The molecule has 3 aromatic carbocycles. The van der Waals surface area contributed by atoms with Gasteiger partial charge in [0.1, 0.15) is 6.04 Å². The maximum atomic E-state index is 13.7. The van der Waals surface area contributed by atoms with Crippen LogP contribution in [-0.2, 0) is 19.6 Å². The van der Waals surface area contributed by atoms with Gasteiger partial charge in [0.15, 0.2) is 0 Å². The normalized spacial score (nSPS) is 17.7. The van der Waals surface area contributed by atoms with Crippen LogP contribution in [0.2, 0.25) is 0 Å². The minimum absolute atomic E-state index is 0.0794. The van der Waals surface area contributed by atoms with E-state index in [-0.39, 0.29) is 11.3 Å². The number of halogens is 1. The molecule has 32 heavy (non-hydrogen) atoms. The van der Waals surface area contributed by atoms with Crippen molar-refractivity contribution in [2.24, 2.45) is 0 Å². The highest BCUT2D eigenvalue weighted by molar-refractivity contribution is 14.1. The third-order valence-corrected chi connectivity index (χ3v) is 8.21. The molecule has 1 aliphatic rings. The van der Waals surface area contributed by atoms with Crippen molar-refractivity contribution in [3.63, 3.8) is 0 Å². The van der Waals surface area contributed by atoms with E-state index in [1.165, 1.54) is 16.4 Å². The number of carbonyl (C=O) groups excluding carboxylic acids is 2. The second-order valence-electron chi connectivity index (χ2n) is 7.50. The lowest BCUT2D eigenvalue weighted by atomic mass is 10.1. The molecule has 0 N–H and O–H groups in total. The molecule has 0 radical (unpaired) electrons. The number of imide groups is 1. The van der Waals surface area contributed by atoms with E-state index in [0.29, 0.717) is 5.69 Å². The van der Waals surface area contributed by atoms with Gasteiger partial charge in [-0.2, -0.15) is 4.31 Å². The molecule has 2 amide bonds. The fourth-order valence-electron chi connectivity index (χ4n) is 3.91. The second-order valence-corrected chi connectivity index (χ2v) is 10.6. The molecule has 3 aromatic rings. The average Bonchev–Trinajstić information content (AvgIpc) is 3.09. The molecular formula is C24H21IN2O4S. The predicted molar refractivity (Wildman–Crippen MR) is 130 cm³/mol. The smallest absolute Gasteiger partial charge is 0.252 e. The fourth-order valence-corrected chi connectivity index (χ4v) is 6.06. The molecule has 2 unspecified atom stereocenters. The van der Waals surface area contributed by atoms with Gasteiger partial charge in [-0.25, -0.2) is 13.3 Å². The van der Waals surface area contributed by atoms with Gasteiger partial charge in [-0.1, -0.05) is 48.5 Å². The Morgan fingerprint density at radius 3 is 2.06 bits per heavy atom. The van der Waals surface area contributed by atoms with E-state index in [1.54, 1.807) is 49.4 Å². The van der Waals surface area contributed by atoms with Crippen LogP contribution in [-0.4, -0.2) is 30.6 Å². The monoisotopic (exact) mass is 560 g/mol. The van der Waals surface area contributed by atoms with Crippen molar-refractivity contribution in [2.75, 3.05) is 4.90 Å². The third-order valence-electron chi connectivity index (χ3n) is 5.50. The lowest BCUT2D eigenvalue weighted by molar-refractivity contribution is -0.122. The molecule has 8 heteroatoms. The first-order valence-electron chi connectivity index (χ1n) is 10.1. The van der Waals surface area contributed by atoms with E-state index < -0.39 is 33.9 Å². The minimum atomic E-state index is -4.07. The first kappa shape index (κ1) is 22.6. The molecule has 0 saturated carbocycles. The van der Waals surface area contributed by atoms with Crippen LogP contribution in [0.4, 0.5) is 5.69 Å². The van der Waals surface area contributed by atoms with Crippen LogP contribution in [0.15, 0.2) is 89.8 Å². The Kier molecular flexibility index (Phi) is 6.45. The first-order chi connectivity index (χ1) is 15.3. The van der Waals surface area contributed by atoms with Crippen LogP contribution >= 0.6 is 22.6 Å². The summed E-state index contributed by atoms with van der Waals surface area (Å²) in [5.74, 6) is -0.965. The molecule has 0 bridgehead atoms. The van der Waals surface area contributed by atoms with Gasteiger partial charge in [-0.15, -0.1) is 0 Å². The van der Waals surface area contributed by atoms with Crippen molar-refractivity contribution in [3.8, 4) is 0 Å². The summed E-state index contributed by atoms with van der Waals surface area (Å²) in [5.41, 5.74) is 1.17.